The highest BCUT2D eigenvalue weighted by Crippen LogP contribution is 2.19. The largest absolute Gasteiger partial charge is 0.497 e. The molecule has 1 amide bonds. The van der Waals surface area contributed by atoms with Gasteiger partial charge in [0.05, 0.1) is 17.9 Å². The molecule has 1 aromatic carbocycles. The maximum absolute atomic E-state index is 11.8. The smallest absolute Gasteiger partial charge is 0.266 e. The first kappa shape index (κ1) is 14.3. The Balaban J connectivity index is 2.99. The number of nitrogens with two attached hydrogens (primary N) is 1. The molecule has 0 saturated carbocycles. The molecule has 6 nitrogen and oxygen atoms in total. The van der Waals surface area contributed by atoms with Crippen LogP contribution in [0.4, 0.5) is 5.69 Å². The van der Waals surface area contributed by atoms with Crippen LogP contribution in [0.5, 0.6) is 5.75 Å². The Kier molecular flexibility index (Phi) is 4.18. The molecule has 0 atom stereocenters. The molecule has 0 aliphatic heterocycles. The van der Waals surface area contributed by atoms with E-state index in [1.165, 1.54) is 39.2 Å². The number of nitrogens with one attached hydrogen (secondary N) is 1. The Morgan fingerprint density at radius 1 is 1.39 bits per heavy atom. The maximum Gasteiger partial charge on any atom is 0.266 e. The molecule has 0 radical (unpaired) electrons. The number of carbonyl (C=O) groups excluding carboxylic acids is 1. The second-order valence-corrected chi connectivity index (χ2v) is 6.22. The van der Waals surface area contributed by atoms with E-state index in [1.807, 2.05) is 4.72 Å². The van der Waals surface area contributed by atoms with E-state index in [1.54, 1.807) is 0 Å². The molecule has 0 spiro atoms. The third kappa shape index (κ3) is 3.13. The van der Waals surface area contributed by atoms with Crippen molar-refractivity contribution in [3.05, 3.63) is 23.8 Å². The summed E-state index contributed by atoms with van der Waals surface area (Å²) in [4.78, 5) is 11.8. The first-order valence-corrected chi connectivity index (χ1v) is 6.82. The van der Waals surface area contributed by atoms with E-state index >= 15 is 0 Å². The molecule has 0 fully saturated rings. The third-order valence-electron chi connectivity index (χ3n) is 2.36. The molecule has 18 heavy (non-hydrogen) atoms. The van der Waals surface area contributed by atoms with Crippen molar-refractivity contribution >= 4 is 21.6 Å². The minimum Gasteiger partial charge on any atom is -0.497 e. The fourth-order valence-electron chi connectivity index (χ4n) is 1.18. The summed E-state index contributed by atoms with van der Waals surface area (Å²) in [6.45, 7) is 2.96. The molecule has 0 aromatic heterocycles. The van der Waals surface area contributed by atoms with Crippen molar-refractivity contribution < 1.29 is 17.9 Å². The minimum absolute atomic E-state index is 0.0972. The van der Waals surface area contributed by atoms with Crippen LogP contribution in [0, 0.1) is 0 Å². The minimum atomic E-state index is -3.66. The van der Waals surface area contributed by atoms with Crippen LogP contribution in [-0.4, -0.2) is 26.7 Å². The molecule has 1 aromatic rings. The molecule has 0 unspecified atom stereocenters. The topological polar surface area (TPSA) is 98.5 Å². The SMILES string of the molecule is COc1ccc(C(=O)NS(=O)(=O)C(C)C)c(N)c1. The van der Waals surface area contributed by atoms with Crippen LogP contribution < -0.4 is 15.2 Å². The van der Waals surface area contributed by atoms with Gasteiger partial charge in [-0.25, -0.2) is 13.1 Å². The number of benzene rings is 1. The number of hydrogen-bond donors (Lipinski definition) is 2. The van der Waals surface area contributed by atoms with Gasteiger partial charge in [-0.05, 0) is 26.0 Å². The number of ether oxygens (including phenoxy) is 1. The summed E-state index contributed by atoms with van der Waals surface area (Å²) in [5.41, 5.74) is 5.91. The van der Waals surface area contributed by atoms with E-state index in [2.05, 4.69) is 0 Å². The summed E-state index contributed by atoms with van der Waals surface area (Å²) in [7, 11) is -2.19. The van der Waals surface area contributed by atoms with Gasteiger partial charge in [0.1, 0.15) is 5.75 Å². The fourth-order valence-corrected chi connectivity index (χ4v) is 1.78. The molecule has 0 heterocycles. The number of anilines is 1. The lowest BCUT2D eigenvalue weighted by Gasteiger charge is -2.11. The zero-order valence-corrected chi connectivity index (χ0v) is 11.2. The van der Waals surface area contributed by atoms with Crippen LogP contribution in [0.25, 0.3) is 0 Å². The van der Waals surface area contributed by atoms with E-state index < -0.39 is 21.2 Å². The average Bonchev–Trinajstić information content (AvgIpc) is 2.27. The predicted molar refractivity (Wildman–Crippen MR) is 68.9 cm³/mol. The second-order valence-electron chi connectivity index (χ2n) is 3.98. The summed E-state index contributed by atoms with van der Waals surface area (Å²) in [6.07, 6.45) is 0. The fraction of sp³-hybridized carbons (Fsp3) is 0.364. The number of methoxy groups -OCH3 is 1. The maximum atomic E-state index is 11.8. The second kappa shape index (κ2) is 5.26. The molecular weight excluding hydrogens is 256 g/mol. The van der Waals surface area contributed by atoms with Crippen LogP contribution in [0.1, 0.15) is 24.2 Å². The number of amides is 1. The number of nitrogen functional groups attached to an aromatic ring is 1. The van der Waals surface area contributed by atoms with E-state index in [0.29, 0.717) is 5.75 Å². The molecule has 7 heteroatoms. The molecule has 100 valence electrons. The van der Waals surface area contributed by atoms with E-state index in [-0.39, 0.29) is 11.3 Å². The number of rotatable bonds is 4. The predicted octanol–water partition coefficient (Wildman–Crippen LogP) is 0.745. The molecule has 0 aliphatic rings. The average molecular weight is 272 g/mol. The number of carbonyl (C=O) groups is 1. The Bertz CT molecular complexity index is 552. The molecule has 0 bridgehead atoms. The van der Waals surface area contributed by atoms with Crippen LogP contribution in [-0.2, 0) is 10.0 Å². The number of sulfonamides is 1. The van der Waals surface area contributed by atoms with Gasteiger partial charge in [0.15, 0.2) is 0 Å². The Labute approximate surface area is 106 Å². The van der Waals surface area contributed by atoms with Crippen LogP contribution in [0.15, 0.2) is 18.2 Å². The van der Waals surface area contributed by atoms with E-state index in [0.717, 1.165) is 0 Å². The first-order chi connectivity index (χ1) is 8.27. The normalized spacial score (nSPS) is 11.3. The van der Waals surface area contributed by atoms with E-state index in [9.17, 15) is 13.2 Å². The van der Waals surface area contributed by atoms with Gasteiger partial charge in [0, 0.05) is 11.8 Å². The monoisotopic (exact) mass is 272 g/mol. The van der Waals surface area contributed by atoms with Gasteiger partial charge in [0.25, 0.3) is 5.91 Å². The zero-order chi connectivity index (χ0) is 13.9. The summed E-state index contributed by atoms with van der Waals surface area (Å²) in [6, 6.07) is 4.41. The Morgan fingerprint density at radius 3 is 2.44 bits per heavy atom. The molecule has 1 rings (SSSR count). The molecule has 3 N–H and O–H groups in total. The van der Waals surface area contributed by atoms with Crippen molar-refractivity contribution in [3.63, 3.8) is 0 Å². The van der Waals surface area contributed by atoms with Gasteiger partial charge >= 0.3 is 0 Å². The highest BCUT2D eigenvalue weighted by molar-refractivity contribution is 7.90. The van der Waals surface area contributed by atoms with Gasteiger partial charge in [-0.1, -0.05) is 0 Å². The van der Waals surface area contributed by atoms with Crippen molar-refractivity contribution in [1.29, 1.82) is 0 Å². The summed E-state index contributed by atoms with van der Waals surface area (Å²) in [5.74, 6) is -0.250. The van der Waals surface area contributed by atoms with Crippen molar-refractivity contribution in [1.82, 2.24) is 4.72 Å². The van der Waals surface area contributed by atoms with Gasteiger partial charge in [-0.3, -0.25) is 4.79 Å². The highest BCUT2D eigenvalue weighted by Gasteiger charge is 2.21. The van der Waals surface area contributed by atoms with E-state index in [4.69, 9.17) is 10.5 Å². The van der Waals surface area contributed by atoms with Crippen molar-refractivity contribution in [2.75, 3.05) is 12.8 Å². The highest BCUT2D eigenvalue weighted by atomic mass is 32.2. The lowest BCUT2D eigenvalue weighted by atomic mass is 10.1. The Hall–Kier alpha value is -1.76. The van der Waals surface area contributed by atoms with Crippen LogP contribution >= 0.6 is 0 Å². The third-order valence-corrected chi connectivity index (χ3v) is 4.07. The van der Waals surface area contributed by atoms with Crippen molar-refractivity contribution in [3.8, 4) is 5.75 Å². The van der Waals surface area contributed by atoms with Crippen LogP contribution in [0.3, 0.4) is 0 Å². The van der Waals surface area contributed by atoms with Crippen molar-refractivity contribution in [2.24, 2.45) is 0 Å². The van der Waals surface area contributed by atoms with Crippen molar-refractivity contribution in [2.45, 2.75) is 19.1 Å². The molecule has 0 aliphatic carbocycles. The molecule has 0 saturated heterocycles. The summed E-state index contributed by atoms with van der Waals surface area (Å²) < 4.78 is 30.0. The Morgan fingerprint density at radius 2 is 2.00 bits per heavy atom. The lowest BCUT2D eigenvalue weighted by molar-refractivity contribution is 0.0982. The van der Waals surface area contributed by atoms with Gasteiger partial charge in [-0.15, -0.1) is 0 Å². The van der Waals surface area contributed by atoms with Crippen LogP contribution in [0.2, 0.25) is 0 Å². The summed E-state index contributed by atoms with van der Waals surface area (Å²) in [5, 5.41) is -0.694. The quantitative estimate of drug-likeness (QED) is 0.788. The lowest BCUT2D eigenvalue weighted by Crippen LogP contribution is -2.36. The molecular formula is C11H16N2O4S. The van der Waals surface area contributed by atoms with Gasteiger partial charge < -0.3 is 10.5 Å². The van der Waals surface area contributed by atoms with Gasteiger partial charge in [-0.2, -0.15) is 0 Å². The standard InChI is InChI=1S/C11H16N2O4S/c1-7(2)18(15,16)13-11(14)9-5-4-8(17-3)6-10(9)12/h4-7H,12H2,1-3H3,(H,13,14). The van der Waals surface area contributed by atoms with Gasteiger partial charge in [0.2, 0.25) is 10.0 Å². The first-order valence-electron chi connectivity index (χ1n) is 5.27. The number of hydrogen-bond acceptors (Lipinski definition) is 5. The summed E-state index contributed by atoms with van der Waals surface area (Å²) >= 11 is 0. The zero-order valence-electron chi connectivity index (χ0n) is 10.4.